The van der Waals surface area contributed by atoms with Crippen molar-refractivity contribution in [1.82, 2.24) is 20.1 Å². The van der Waals surface area contributed by atoms with Crippen molar-refractivity contribution >= 4 is 56.8 Å². The Balaban J connectivity index is 1.79. The second-order valence-electron chi connectivity index (χ2n) is 8.46. The Morgan fingerprint density at radius 2 is 1.97 bits per heavy atom. The van der Waals surface area contributed by atoms with Gasteiger partial charge >= 0.3 is 0 Å². The van der Waals surface area contributed by atoms with Gasteiger partial charge in [-0.3, -0.25) is 9.59 Å². The SMILES string of the molecule is C=CCn1c(SCC(=O)Nc2c(F)cc(F)cc2Br)nnc1[C@@H](CC(C)C)NC(=O)c1ccccc1Cl. The zero-order valence-corrected chi connectivity index (χ0v) is 23.3. The van der Waals surface area contributed by atoms with Crippen molar-refractivity contribution in [2.75, 3.05) is 11.1 Å². The molecule has 0 fully saturated rings. The molecule has 2 N–H and O–H groups in total. The minimum absolute atomic E-state index is 0.0891. The van der Waals surface area contributed by atoms with Crippen molar-refractivity contribution in [1.29, 1.82) is 0 Å². The van der Waals surface area contributed by atoms with Crippen molar-refractivity contribution in [3.63, 3.8) is 0 Å². The highest BCUT2D eigenvalue weighted by Crippen LogP contribution is 2.29. The van der Waals surface area contributed by atoms with Gasteiger partial charge in [-0.1, -0.05) is 55.4 Å². The van der Waals surface area contributed by atoms with Gasteiger partial charge in [-0.05, 0) is 46.5 Å². The molecule has 0 unspecified atom stereocenters. The van der Waals surface area contributed by atoms with Gasteiger partial charge in [0.15, 0.2) is 16.8 Å². The van der Waals surface area contributed by atoms with E-state index in [0.29, 0.717) is 40.6 Å². The molecule has 0 aliphatic heterocycles. The van der Waals surface area contributed by atoms with Crippen molar-refractivity contribution in [3.05, 3.63) is 81.6 Å². The number of hydrogen-bond acceptors (Lipinski definition) is 5. The number of nitrogens with one attached hydrogen (secondary N) is 2. The molecule has 2 amide bonds. The van der Waals surface area contributed by atoms with Gasteiger partial charge in [0.25, 0.3) is 5.91 Å². The van der Waals surface area contributed by atoms with E-state index in [0.717, 1.165) is 17.8 Å². The van der Waals surface area contributed by atoms with Gasteiger partial charge in [-0.2, -0.15) is 0 Å². The Hall–Kier alpha value is -2.76. The molecule has 2 aromatic carbocycles. The first-order valence-electron chi connectivity index (χ1n) is 11.3. The first-order chi connectivity index (χ1) is 17.6. The second-order valence-corrected chi connectivity index (χ2v) is 10.7. The number of anilines is 1. The van der Waals surface area contributed by atoms with Crippen LogP contribution in [0.5, 0.6) is 0 Å². The average molecular weight is 613 g/mol. The molecule has 0 saturated carbocycles. The molecular formula is C25H25BrClF2N5O2S. The molecule has 0 aliphatic rings. The Morgan fingerprint density at radius 1 is 1.24 bits per heavy atom. The fourth-order valence-corrected chi connectivity index (χ4v) is 5.00. The van der Waals surface area contributed by atoms with Crippen LogP contribution < -0.4 is 10.6 Å². The van der Waals surface area contributed by atoms with E-state index in [1.165, 1.54) is 0 Å². The van der Waals surface area contributed by atoms with E-state index in [-0.39, 0.29) is 27.7 Å². The Bertz CT molecular complexity index is 1280. The monoisotopic (exact) mass is 611 g/mol. The Morgan fingerprint density at radius 3 is 2.62 bits per heavy atom. The van der Waals surface area contributed by atoms with E-state index in [1.807, 2.05) is 13.8 Å². The van der Waals surface area contributed by atoms with Gasteiger partial charge in [0.1, 0.15) is 5.82 Å². The number of halogens is 4. The predicted octanol–water partition coefficient (Wildman–Crippen LogP) is 6.41. The molecule has 0 radical (unpaired) electrons. The minimum atomic E-state index is -0.895. The summed E-state index contributed by atoms with van der Waals surface area (Å²) in [6, 6.07) is 8.02. The zero-order chi connectivity index (χ0) is 27.1. The van der Waals surface area contributed by atoms with Crippen LogP contribution in [0.25, 0.3) is 0 Å². The normalized spacial score (nSPS) is 11.9. The number of aromatic nitrogens is 3. The quantitative estimate of drug-likeness (QED) is 0.193. The van der Waals surface area contributed by atoms with Crippen molar-refractivity contribution in [3.8, 4) is 0 Å². The lowest BCUT2D eigenvalue weighted by Gasteiger charge is -2.21. The van der Waals surface area contributed by atoms with Gasteiger partial charge in [-0.15, -0.1) is 16.8 Å². The van der Waals surface area contributed by atoms with Gasteiger partial charge < -0.3 is 15.2 Å². The zero-order valence-electron chi connectivity index (χ0n) is 20.1. The summed E-state index contributed by atoms with van der Waals surface area (Å²) in [7, 11) is 0. The molecule has 0 bridgehead atoms. The standard InChI is InChI=1S/C25H25BrClF2N5O2S/c1-4-9-34-23(20(10-14(2)3)30-24(36)16-7-5-6-8-18(16)27)32-33-25(34)37-13-21(35)31-22-17(26)11-15(28)12-19(22)29/h4-8,11-12,14,20H,1,9-10,13H2,2-3H3,(H,30,36)(H,31,35)/t20-/m1/s1. The van der Waals surface area contributed by atoms with E-state index in [2.05, 4.69) is 43.3 Å². The molecule has 0 aliphatic carbocycles. The lowest BCUT2D eigenvalue weighted by Crippen LogP contribution is -2.32. The molecule has 3 rings (SSSR count). The van der Waals surface area contributed by atoms with E-state index in [4.69, 9.17) is 11.6 Å². The third kappa shape index (κ3) is 7.62. The molecular weight excluding hydrogens is 588 g/mol. The van der Waals surface area contributed by atoms with Crippen LogP contribution in [-0.2, 0) is 11.3 Å². The summed E-state index contributed by atoms with van der Waals surface area (Å²) in [5, 5.41) is 14.7. The fraction of sp³-hybridized carbons (Fsp3) is 0.280. The van der Waals surface area contributed by atoms with Crippen LogP contribution in [0.1, 0.15) is 42.5 Å². The number of allylic oxidation sites excluding steroid dienone is 1. The van der Waals surface area contributed by atoms with Crippen LogP contribution in [0, 0.1) is 17.6 Å². The number of hydrogen-bond donors (Lipinski definition) is 2. The number of rotatable bonds is 11. The summed E-state index contributed by atoms with van der Waals surface area (Å²) in [5.74, 6) is -1.91. The molecule has 3 aromatic rings. The largest absolute Gasteiger partial charge is 0.342 e. The number of benzene rings is 2. The highest BCUT2D eigenvalue weighted by atomic mass is 79.9. The Labute approximate surface area is 231 Å². The van der Waals surface area contributed by atoms with Crippen LogP contribution in [-0.4, -0.2) is 32.3 Å². The summed E-state index contributed by atoms with van der Waals surface area (Å²) in [5.41, 5.74) is 0.192. The lowest BCUT2D eigenvalue weighted by molar-refractivity contribution is -0.113. The molecule has 1 aromatic heterocycles. The maximum Gasteiger partial charge on any atom is 0.253 e. The molecule has 7 nitrogen and oxygen atoms in total. The van der Waals surface area contributed by atoms with Crippen LogP contribution in [0.2, 0.25) is 5.02 Å². The van der Waals surface area contributed by atoms with Gasteiger partial charge in [0.05, 0.1) is 28.1 Å². The molecule has 0 saturated heterocycles. The molecule has 0 spiro atoms. The van der Waals surface area contributed by atoms with E-state index >= 15 is 0 Å². The molecule has 1 heterocycles. The molecule has 37 heavy (non-hydrogen) atoms. The summed E-state index contributed by atoms with van der Waals surface area (Å²) in [6.45, 7) is 8.17. The number of amides is 2. The van der Waals surface area contributed by atoms with Crippen molar-refractivity contribution in [2.24, 2.45) is 5.92 Å². The summed E-state index contributed by atoms with van der Waals surface area (Å²) < 4.78 is 29.3. The first-order valence-corrected chi connectivity index (χ1v) is 13.4. The first kappa shape index (κ1) is 28.8. The summed E-state index contributed by atoms with van der Waals surface area (Å²) in [4.78, 5) is 25.5. The summed E-state index contributed by atoms with van der Waals surface area (Å²) in [6.07, 6.45) is 2.23. The number of nitrogens with zero attached hydrogens (tertiary/aromatic N) is 3. The predicted molar refractivity (Wildman–Crippen MR) is 145 cm³/mol. The maximum absolute atomic E-state index is 14.1. The molecule has 1 atom stereocenters. The van der Waals surface area contributed by atoms with Crippen LogP contribution in [0.4, 0.5) is 14.5 Å². The smallest absolute Gasteiger partial charge is 0.253 e. The number of thioether (sulfide) groups is 1. The van der Waals surface area contributed by atoms with E-state index < -0.39 is 23.6 Å². The van der Waals surface area contributed by atoms with Crippen LogP contribution >= 0.6 is 39.3 Å². The second kappa shape index (κ2) is 13.2. The van der Waals surface area contributed by atoms with Gasteiger partial charge in [0, 0.05) is 17.1 Å². The number of carbonyl (C=O) groups is 2. The highest BCUT2D eigenvalue weighted by molar-refractivity contribution is 9.10. The maximum atomic E-state index is 14.1. The topological polar surface area (TPSA) is 88.9 Å². The van der Waals surface area contributed by atoms with E-state index in [9.17, 15) is 18.4 Å². The average Bonchev–Trinajstić information content (AvgIpc) is 3.22. The third-order valence-corrected chi connectivity index (χ3v) is 7.03. The van der Waals surface area contributed by atoms with Gasteiger partial charge in [0.2, 0.25) is 5.91 Å². The van der Waals surface area contributed by atoms with Crippen molar-refractivity contribution in [2.45, 2.75) is 38.0 Å². The fourth-order valence-electron chi connectivity index (χ4n) is 3.51. The highest BCUT2D eigenvalue weighted by Gasteiger charge is 2.25. The minimum Gasteiger partial charge on any atom is -0.342 e. The van der Waals surface area contributed by atoms with Gasteiger partial charge in [-0.25, -0.2) is 8.78 Å². The lowest BCUT2D eigenvalue weighted by atomic mass is 10.0. The molecule has 196 valence electrons. The van der Waals surface area contributed by atoms with Crippen LogP contribution in [0.15, 0.2) is 58.7 Å². The van der Waals surface area contributed by atoms with E-state index in [1.54, 1.807) is 34.9 Å². The Kier molecular flexibility index (Phi) is 10.2. The molecule has 12 heteroatoms. The third-order valence-electron chi connectivity index (χ3n) is 5.10. The van der Waals surface area contributed by atoms with Crippen LogP contribution in [0.3, 0.4) is 0 Å². The number of carbonyl (C=O) groups excluding carboxylic acids is 2. The van der Waals surface area contributed by atoms with Crippen molar-refractivity contribution < 1.29 is 18.4 Å². The summed E-state index contributed by atoms with van der Waals surface area (Å²) >= 11 is 10.3.